The van der Waals surface area contributed by atoms with Crippen LogP contribution >= 0.6 is 0 Å². The number of hydrogen-bond donors (Lipinski definition) is 0. The molecule has 0 heterocycles. The predicted molar refractivity (Wildman–Crippen MR) is 84.8 cm³/mol. The maximum atomic E-state index is 12.6. The topological polar surface area (TPSA) is 26.3 Å². The van der Waals surface area contributed by atoms with Crippen LogP contribution in [0.3, 0.4) is 0 Å². The summed E-state index contributed by atoms with van der Waals surface area (Å²) in [6.45, 7) is 10.5. The molecule has 0 unspecified atom stereocenters. The van der Waals surface area contributed by atoms with Crippen molar-refractivity contribution in [2.24, 2.45) is 23.2 Å². The Kier molecular flexibility index (Phi) is 3.50. The summed E-state index contributed by atoms with van der Waals surface area (Å²) in [6.07, 6.45) is 7.50. The van der Waals surface area contributed by atoms with Crippen LogP contribution in [0, 0.1) is 23.2 Å². The van der Waals surface area contributed by atoms with Crippen LogP contribution in [-0.4, -0.2) is 11.6 Å². The smallest absolute Gasteiger partial charge is 0.334 e. The van der Waals surface area contributed by atoms with Crippen LogP contribution in [0.4, 0.5) is 0 Å². The lowest BCUT2D eigenvalue weighted by Crippen LogP contribution is -2.52. The number of rotatable bonds is 2. The van der Waals surface area contributed by atoms with E-state index in [4.69, 9.17) is 4.74 Å². The van der Waals surface area contributed by atoms with Gasteiger partial charge in [0.2, 0.25) is 0 Å². The molecule has 4 bridgehead atoms. The Morgan fingerprint density at radius 3 is 1.76 bits per heavy atom. The summed E-state index contributed by atoms with van der Waals surface area (Å²) in [5.74, 6) is 2.38. The Bertz CT molecular complexity index is 443. The van der Waals surface area contributed by atoms with E-state index in [-0.39, 0.29) is 17.0 Å². The van der Waals surface area contributed by atoms with Gasteiger partial charge in [0.1, 0.15) is 5.60 Å². The predicted octanol–water partition coefficient (Wildman–Crippen LogP) is 4.88. The lowest BCUT2D eigenvalue weighted by Gasteiger charge is -2.55. The first kappa shape index (κ1) is 15.1. The molecule has 0 radical (unpaired) electrons. The van der Waals surface area contributed by atoms with Gasteiger partial charge in [-0.25, -0.2) is 4.79 Å². The Labute approximate surface area is 129 Å². The van der Waals surface area contributed by atoms with Gasteiger partial charge >= 0.3 is 5.97 Å². The molecule has 4 rings (SSSR count). The van der Waals surface area contributed by atoms with Crippen molar-refractivity contribution in [3.05, 3.63) is 11.1 Å². The fourth-order valence-electron chi connectivity index (χ4n) is 5.14. The van der Waals surface area contributed by atoms with Crippen LogP contribution in [0.2, 0.25) is 0 Å². The quantitative estimate of drug-likeness (QED) is 0.535. The summed E-state index contributed by atoms with van der Waals surface area (Å²) in [4.78, 5) is 12.6. The molecule has 4 aliphatic rings. The Morgan fingerprint density at radius 2 is 1.38 bits per heavy atom. The molecule has 4 saturated carbocycles. The van der Waals surface area contributed by atoms with Crippen LogP contribution in [0.25, 0.3) is 0 Å². The summed E-state index contributed by atoms with van der Waals surface area (Å²) in [7, 11) is 0. The maximum absolute atomic E-state index is 12.6. The summed E-state index contributed by atoms with van der Waals surface area (Å²) < 4.78 is 6.13. The molecular formula is C19H30O2. The number of allylic oxidation sites excluding steroid dienone is 1. The molecule has 2 nitrogen and oxygen atoms in total. The molecule has 0 aromatic heterocycles. The van der Waals surface area contributed by atoms with Gasteiger partial charge in [0.05, 0.1) is 0 Å². The van der Waals surface area contributed by atoms with E-state index in [1.54, 1.807) is 0 Å². The van der Waals surface area contributed by atoms with Gasteiger partial charge in [-0.3, -0.25) is 0 Å². The Morgan fingerprint density at radius 1 is 0.952 bits per heavy atom. The zero-order valence-corrected chi connectivity index (χ0v) is 14.3. The molecule has 118 valence electrons. The second-order valence-electron chi connectivity index (χ2n) is 8.99. The molecule has 0 spiro atoms. The molecule has 0 saturated heterocycles. The largest absolute Gasteiger partial charge is 0.456 e. The SMILES string of the molecule is CC(C(=O)OC12CC3CC(CC(C3)C1)C2)=C(C)C(C)(C)C. The molecule has 4 fully saturated rings. The average Bonchev–Trinajstić information content (AvgIpc) is 2.33. The Balaban J connectivity index is 1.76. The van der Waals surface area contributed by atoms with Gasteiger partial charge in [0.15, 0.2) is 0 Å². The first-order chi connectivity index (χ1) is 9.68. The number of hydrogen-bond acceptors (Lipinski definition) is 2. The highest BCUT2D eigenvalue weighted by Gasteiger charge is 2.53. The summed E-state index contributed by atoms with van der Waals surface area (Å²) in [6, 6.07) is 0. The molecule has 0 atom stereocenters. The normalized spacial score (nSPS) is 39.2. The van der Waals surface area contributed by atoms with Crippen molar-refractivity contribution in [1.29, 1.82) is 0 Å². The second kappa shape index (κ2) is 4.86. The first-order valence-corrected chi connectivity index (χ1v) is 8.60. The van der Waals surface area contributed by atoms with Crippen LogP contribution in [0.5, 0.6) is 0 Å². The monoisotopic (exact) mass is 290 g/mol. The standard InChI is InChI=1S/C19H30O2/c1-12(13(2)18(3,4)5)17(20)21-19-9-14-6-15(10-19)8-16(7-14)11-19/h14-16H,6-11H2,1-5H3. The molecule has 4 aliphatic carbocycles. The number of carbonyl (C=O) groups is 1. The van der Waals surface area contributed by atoms with Gasteiger partial charge in [0, 0.05) is 5.57 Å². The van der Waals surface area contributed by atoms with E-state index in [0.717, 1.165) is 48.2 Å². The fourth-order valence-corrected chi connectivity index (χ4v) is 5.14. The minimum atomic E-state index is -0.120. The van der Waals surface area contributed by atoms with E-state index >= 15 is 0 Å². The summed E-state index contributed by atoms with van der Waals surface area (Å²) >= 11 is 0. The van der Waals surface area contributed by atoms with E-state index in [2.05, 4.69) is 27.7 Å². The molecule has 0 amide bonds. The lowest BCUT2D eigenvalue weighted by molar-refractivity contribution is -0.182. The van der Waals surface area contributed by atoms with Crippen LogP contribution < -0.4 is 0 Å². The van der Waals surface area contributed by atoms with Gasteiger partial charge in [-0.2, -0.15) is 0 Å². The third-order valence-electron chi connectivity index (χ3n) is 6.28. The minimum absolute atomic E-state index is 0.0323. The van der Waals surface area contributed by atoms with Gasteiger partial charge in [0.25, 0.3) is 0 Å². The second-order valence-corrected chi connectivity index (χ2v) is 8.99. The first-order valence-electron chi connectivity index (χ1n) is 8.60. The van der Waals surface area contributed by atoms with E-state index in [1.165, 1.54) is 19.3 Å². The van der Waals surface area contributed by atoms with Crippen molar-refractivity contribution in [1.82, 2.24) is 0 Å². The number of ether oxygens (including phenoxy) is 1. The van der Waals surface area contributed by atoms with Crippen molar-refractivity contribution < 1.29 is 9.53 Å². The van der Waals surface area contributed by atoms with Crippen LogP contribution in [0.1, 0.15) is 73.1 Å². The lowest BCUT2D eigenvalue weighted by atomic mass is 9.54. The fraction of sp³-hybridized carbons (Fsp3) is 0.842. The molecule has 0 aliphatic heterocycles. The van der Waals surface area contributed by atoms with Crippen molar-refractivity contribution in [2.75, 3.05) is 0 Å². The molecule has 2 heteroatoms. The highest BCUT2D eigenvalue weighted by molar-refractivity contribution is 5.89. The zero-order chi connectivity index (χ0) is 15.4. The zero-order valence-electron chi connectivity index (χ0n) is 14.3. The molecule has 0 N–H and O–H groups in total. The van der Waals surface area contributed by atoms with E-state index in [1.807, 2.05) is 6.92 Å². The third kappa shape index (κ3) is 2.78. The van der Waals surface area contributed by atoms with E-state index in [9.17, 15) is 4.79 Å². The van der Waals surface area contributed by atoms with Gasteiger partial charge < -0.3 is 4.74 Å². The van der Waals surface area contributed by atoms with Crippen molar-refractivity contribution >= 4 is 5.97 Å². The van der Waals surface area contributed by atoms with E-state index in [0.29, 0.717) is 0 Å². The molecule has 21 heavy (non-hydrogen) atoms. The average molecular weight is 290 g/mol. The highest BCUT2D eigenvalue weighted by atomic mass is 16.6. The molecular weight excluding hydrogens is 260 g/mol. The van der Waals surface area contributed by atoms with Gasteiger partial charge in [-0.1, -0.05) is 26.3 Å². The van der Waals surface area contributed by atoms with E-state index < -0.39 is 0 Å². The third-order valence-corrected chi connectivity index (χ3v) is 6.28. The van der Waals surface area contributed by atoms with Gasteiger partial charge in [-0.15, -0.1) is 0 Å². The number of carbonyl (C=O) groups excluding carboxylic acids is 1. The Hall–Kier alpha value is -0.790. The summed E-state index contributed by atoms with van der Waals surface area (Å²) in [5.41, 5.74) is 1.88. The van der Waals surface area contributed by atoms with Crippen molar-refractivity contribution in [2.45, 2.75) is 78.7 Å². The summed E-state index contributed by atoms with van der Waals surface area (Å²) in [5, 5.41) is 0. The maximum Gasteiger partial charge on any atom is 0.334 e. The molecule has 0 aromatic carbocycles. The number of esters is 1. The highest BCUT2D eigenvalue weighted by Crippen LogP contribution is 2.57. The molecule has 0 aromatic rings. The van der Waals surface area contributed by atoms with Crippen molar-refractivity contribution in [3.8, 4) is 0 Å². The minimum Gasteiger partial charge on any atom is -0.456 e. The van der Waals surface area contributed by atoms with Gasteiger partial charge in [-0.05, 0) is 75.5 Å². The van der Waals surface area contributed by atoms with Crippen LogP contribution in [-0.2, 0) is 9.53 Å². The van der Waals surface area contributed by atoms with Crippen LogP contribution in [0.15, 0.2) is 11.1 Å². The van der Waals surface area contributed by atoms with Crippen molar-refractivity contribution in [3.63, 3.8) is 0 Å².